The molecule has 2 atom stereocenters. The fourth-order valence-corrected chi connectivity index (χ4v) is 2.53. The maximum atomic E-state index is 3.98. The minimum atomic E-state index is 0.405. The van der Waals surface area contributed by atoms with Crippen LogP contribution in [-0.4, -0.2) is 16.2 Å². The number of hydrogen-bond acceptors (Lipinski definition) is 2. The predicted molar refractivity (Wildman–Crippen MR) is 61.6 cm³/mol. The second kappa shape index (κ2) is 3.97. The van der Waals surface area contributed by atoms with Crippen molar-refractivity contribution in [3.05, 3.63) is 18.0 Å². The first kappa shape index (κ1) is 10.7. The molecule has 2 N–H and O–H groups in total. The first-order chi connectivity index (χ1) is 7.07. The van der Waals surface area contributed by atoms with Crippen LogP contribution in [-0.2, 0) is 0 Å². The summed E-state index contributed by atoms with van der Waals surface area (Å²) in [5.74, 6) is 0. The lowest BCUT2D eigenvalue weighted by atomic mass is 9.92. The van der Waals surface area contributed by atoms with Gasteiger partial charge in [-0.3, -0.25) is 5.10 Å². The SMILES string of the molecule is CC(NC1CCC(C)(C)C1)c1cn[nH]c1. The maximum absolute atomic E-state index is 3.98. The molecular formula is C12H21N3. The Bertz CT molecular complexity index is 303. The number of aromatic nitrogens is 2. The Kier molecular flexibility index (Phi) is 2.83. The lowest BCUT2D eigenvalue weighted by Crippen LogP contribution is -2.29. The second-order valence-electron chi connectivity index (χ2n) is 5.52. The van der Waals surface area contributed by atoms with E-state index in [0.29, 0.717) is 17.5 Å². The molecule has 1 heterocycles. The molecule has 1 aromatic heterocycles. The molecule has 0 bridgehead atoms. The van der Waals surface area contributed by atoms with Crippen molar-refractivity contribution >= 4 is 0 Å². The zero-order valence-corrected chi connectivity index (χ0v) is 9.88. The van der Waals surface area contributed by atoms with E-state index >= 15 is 0 Å². The van der Waals surface area contributed by atoms with Gasteiger partial charge < -0.3 is 5.32 Å². The summed E-state index contributed by atoms with van der Waals surface area (Å²) < 4.78 is 0. The second-order valence-corrected chi connectivity index (χ2v) is 5.52. The van der Waals surface area contributed by atoms with Gasteiger partial charge >= 0.3 is 0 Å². The third-order valence-electron chi connectivity index (χ3n) is 3.47. The van der Waals surface area contributed by atoms with Crippen LogP contribution in [0, 0.1) is 5.41 Å². The molecule has 3 heteroatoms. The van der Waals surface area contributed by atoms with Crippen LogP contribution in [0.15, 0.2) is 12.4 Å². The summed E-state index contributed by atoms with van der Waals surface area (Å²) in [7, 11) is 0. The van der Waals surface area contributed by atoms with E-state index in [1.807, 2.05) is 12.4 Å². The summed E-state index contributed by atoms with van der Waals surface area (Å²) in [4.78, 5) is 0. The summed E-state index contributed by atoms with van der Waals surface area (Å²) in [5, 5.41) is 10.5. The van der Waals surface area contributed by atoms with Gasteiger partial charge in [0.2, 0.25) is 0 Å². The number of nitrogens with one attached hydrogen (secondary N) is 2. The van der Waals surface area contributed by atoms with Gasteiger partial charge in [-0.2, -0.15) is 5.10 Å². The molecule has 2 unspecified atom stereocenters. The number of hydrogen-bond donors (Lipinski definition) is 2. The van der Waals surface area contributed by atoms with Crippen molar-refractivity contribution in [1.82, 2.24) is 15.5 Å². The Labute approximate surface area is 91.7 Å². The molecular weight excluding hydrogens is 186 g/mol. The van der Waals surface area contributed by atoms with E-state index in [1.165, 1.54) is 24.8 Å². The first-order valence-electron chi connectivity index (χ1n) is 5.81. The lowest BCUT2D eigenvalue weighted by Gasteiger charge is -2.21. The quantitative estimate of drug-likeness (QED) is 0.800. The van der Waals surface area contributed by atoms with E-state index in [-0.39, 0.29) is 0 Å². The van der Waals surface area contributed by atoms with Gasteiger partial charge in [0.25, 0.3) is 0 Å². The van der Waals surface area contributed by atoms with E-state index in [0.717, 1.165) is 0 Å². The van der Waals surface area contributed by atoms with E-state index in [4.69, 9.17) is 0 Å². The average molecular weight is 207 g/mol. The monoisotopic (exact) mass is 207 g/mol. The van der Waals surface area contributed by atoms with Crippen molar-refractivity contribution in [2.24, 2.45) is 5.41 Å². The molecule has 0 spiro atoms. The molecule has 1 fully saturated rings. The topological polar surface area (TPSA) is 40.7 Å². The molecule has 0 aromatic carbocycles. The summed E-state index contributed by atoms with van der Waals surface area (Å²) in [6, 6.07) is 1.08. The van der Waals surface area contributed by atoms with Gasteiger partial charge in [-0.15, -0.1) is 0 Å². The smallest absolute Gasteiger partial charge is 0.0534 e. The van der Waals surface area contributed by atoms with E-state index in [2.05, 4.69) is 36.3 Å². The molecule has 84 valence electrons. The van der Waals surface area contributed by atoms with Crippen LogP contribution in [0.3, 0.4) is 0 Å². The standard InChI is InChI=1S/C12H21N3/c1-9(10-7-13-14-8-10)15-11-4-5-12(2,3)6-11/h7-9,11,15H,4-6H2,1-3H3,(H,13,14). The number of rotatable bonds is 3. The minimum Gasteiger partial charge on any atom is -0.307 e. The fourth-order valence-electron chi connectivity index (χ4n) is 2.53. The van der Waals surface area contributed by atoms with Crippen LogP contribution in [0.25, 0.3) is 0 Å². The van der Waals surface area contributed by atoms with Gasteiger partial charge in [0.05, 0.1) is 6.20 Å². The highest BCUT2D eigenvalue weighted by Crippen LogP contribution is 2.37. The van der Waals surface area contributed by atoms with Gasteiger partial charge in [0.1, 0.15) is 0 Å². The van der Waals surface area contributed by atoms with Crippen LogP contribution in [0.4, 0.5) is 0 Å². The van der Waals surface area contributed by atoms with Gasteiger partial charge in [-0.25, -0.2) is 0 Å². The number of nitrogens with zero attached hydrogens (tertiary/aromatic N) is 1. The first-order valence-corrected chi connectivity index (χ1v) is 5.81. The van der Waals surface area contributed by atoms with Gasteiger partial charge in [0.15, 0.2) is 0 Å². The lowest BCUT2D eigenvalue weighted by molar-refractivity contribution is 0.356. The number of aromatic amines is 1. The Hall–Kier alpha value is -0.830. The van der Waals surface area contributed by atoms with Crippen molar-refractivity contribution < 1.29 is 0 Å². The third-order valence-corrected chi connectivity index (χ3v) is 3.47. The summed E-state index contributed by atoms with van der Waals surface area (Å²) >= 11 is 0. The number of H-pyrrole nitrogens is 1. The van der Waals surface area contributed by atoms with Crippen molar-refractivity contribution in [3.8, 4) is 0 Å². The van der Waals surface area contributed by atoms with Crippen LogP contribution < -0.4 is 5.32 Å². The van der Waals surface area contributed by atoms with Crippen molar-refractivity contribution in [1.29, 1.82) is 0 Å². The van der Waals surface area contributed by atoms with Crippen LogP contribution in [0.5, 0.6) is 0 Å². The normalized spacial score (nSPS) is 26.7. The molecule has 0 aliphatic heterocycles. The molecule has 0 saturated heterocycles. The molecule has 2 rings (SSSR count). The largest absolute Gasteiger partial charge is 0.307 e. The fraction of sp³-hybridized carbons (Fsp3) is 0.750. The van der Waals surface area contributed by atoms with E-state index in [9.17, 15) is 0 Å². The summed E-state index contributed by atoms with van der Waals surface area (Å²) in [5.41, 5.74) is 1.77. The van der Waals surface area contributed by atoms with E-state index < -0.39 is 0 Å². The van der Waals surface area contributed by atoms with Gasteiger partial charge in [-0.05, 0) is 31.6 Å². The highest BCUT2D eigenvalue weighted by molar-refractivity contribution is 5.08. The summed E-state index contributed by atoms with van der Waals surface area (Å²) in [6.07, 6.45) is 7.79. The van der Waals surface area contributed by atoms with Gasteiger partial charge in [-0.1, -0.05) is 13.8 Å². The van der Waals surface area contributed by atoms with Crippen LogP contribution in [0.2, 0.25) is 0 Å². The molecule has 3 nitrogen and oxygen atoms in total. The third kappa shape index (κ3) is 2.59. The molecule has 0 amide bonds. The molecule has 0 radical (unpaired) electrons. The average Bonchev–Trinajstić information content (AvgIpc) is 2.74. The molecule has 1 saturated carbocycles. The Balaban J connectivity index is 1.88. The zero-order chi connectivity index (χ0) is 10.9. The Morgan fingerprint density at radius 2 is 2.40 bits per heavy atom. The van der Waals surface area contributed by atoms with Crippen LogP contribution >= 0.6 is 0 Å². The zero-order valence-electron chi connectivity index (χ0n) is 9.88. The van der Waals surface area contributed by atoms with Crippen molar-refractivity contribution in [2.75, 3.05) is 0 Å². The molecule has 1 aromatic rings. The molecule has 1 aliphatic rings. The van der Waals surface area contributed by atoms with E-state index in [1.54, 1.807) is 0 Å². The highest BCUT2D eigenvalue weighted by atomic mass is 15.1. The summed E-state index contributed by atoms with van der Waals surface area (Å²) in [6.45, 7) is 6.92. The highest BCUT2D eigenvalue weighted by Gasteiger charge is 2.31. The Morgan fingerprint density at radius 1 is 1.60 bits per heavy atom. The van der Waals surface area contributed by atoms with Crippen molar-refractivity contribution in [3.63, 3.8) is 0 Å². The predicted octanol–water partition coefficient (Wildman–Crippen LogP) is 2.64. The molecule has 15 heavy (non-hydrogen) atoms. The van der Waals surface area contributed by atoms with Gasteiger partial charge in [0, 0.05) is 23.8 Å². The van der Waals surface area contributed by atoms with Crippen LogP contribution in [0.1, 0.15) is 51.6 Å². The Morgan fingerprint density at radius 3 is 2.93 bits per heavy atom. The minimum absolute atomic E-state index is 0.405. The molecule has 1 aliphatic carbocycles. The van der Waals surface area contributed by atoms with Crippen molar-refractivity contribution in [2.45, 2.75) is 52.1 Å². The maximum Gasteiger partial charge on any atom is 0.0534 e.